The van der Waals surface area contributed by atoms with Crippen LogP contribution in [0.3, 0.4) is 0 Å². The topological polar surface area (TPSA) is 56.7 Å². The van der Waals surface area contributed by atoms with E-state index in [9.17, 15) is 8.78 Å². The molecule has 1 atom stereocenters. The molecule has 0 saturated carbocycles. The van der Waals surface area contributed by atoms with E-state index in [-0.39, 0.29) is 6.04 Å². The van der Waals surface area contributed by atoms with Gasteiger partial charge in [0.15, 0.2) is 11.6 Å². The van der Waals surface area contributed by atoms with Crippen LogP contribution in [-0.2, 0) is 0 Å². The Morgan fingerprint density at radius 3 is 2.71 bits per heavy atom. The van der Waals surface area contributed by atoms with Crippen molar-refractivity contribution in [3.05, 3.63) is 48.3 Å². The number of hydrogen-bond acceptors (Lipinski definition) is 3. The summed E-state index contributed by atoms with van der Waals surface area (Å²) >= 11 is 0. The molecule has 3 aromatic rings. The summed E-state index contributed by atoms with van der Waals surface area (Å²) in [6, 6.07) is 5.79. The molecule has 0 aliphatic heterocycles. The van der Waals surface area contributed by atoms with Crippen molar-refractivity contribution in [2.24, 2.45) is 5.73 Å². The van der Waals surface area contributed by atoms with Gasteiger partial charge in [0.05, 0.1) is 11.0 Å². The van der Waals surface area contributed by atoms with Crippen LogP contribution in [0.4, 0.5) is 8.78 Å². The van der Waals surface area contributed by atoms with Gasteiger partial charge in [-0.05, 0) is 19.1 Å². The quantitative estimate of drug-likeness (QED) is 0.806. The molecule has 1 unspecified atom stereocenters. The van der Waals surface area contributed by atoms with Gasteiger partial charge in [0, 0.05) is 42.7 Å². The fourth-order valence-electron chi connectivity index (χ4n) is 2.34. The summed E-state index contributed by atoms with van der Waals surface area (Å²) in [5.74, 6) is -1.21. The molecule has 2 N–H and O–H groups in total. The highest BCUT2D eigenvalue weighted by Gasteiger charge is 2.18. The van der Waals surface area contributed by atoms with Gasteiger partial charge < -0.3 is 10.3 Å². The van der Waals surface area contributed by atoms with Crippen molar-refractivity contribution < 1.29 is 8.78 Å². The maximum Gasteiger partial charge on any atom is 0.161 e. The van der Waals surface area contributed by atoms with Gasteiger partial charge in [0.25, 0.3) is 0 Å². The minimum absolute atomic E-state index is 0.102. The number of pyridine rings is 1. The van der Waals surface area contributed by atoms with E-state index in [2.05, 4.69) is 9.97 Å². The predicted molar refractivity (Wildman–Crippen MR) is 76.6 cm³/mol. The normalized spacial score (nSPS) is 12.8. The van der Waals surface area contributed by atoms with Crippen molar-refractivity contribution in [2.45, 2.75) is 13.0 Å². The lowest BCUT2D eigenvalue weighted by Gasteiger charge is -2.15. The highest BCUT2D eigenvalue weighted by molar-refractivity contribution is 5.81. The van der Waals surface area contributed by atoms with E-state index in [1.54, 1.807) is 18.5 Å². The third kappa shape index (κ3) is 2.27. The van der Waals surface area contributed by atoms with E-state index in [1.807, 2.05) is 17.6 Å². The molecule has 0 amide bonds. The molecule has 0 fully saturated rings. The zero-order valence-corrected chi connectivity index (χ0v) is 11.4. The van der Waals surface area contributed by atoms with Gasteiger partial charge >= 0.3 is 0 Å². The number of hydrogen-bond donors (Lipinski definition) is 1. The summed E-state index contributed by atoms with van der Waals surface area (Å²) in [6.45, 7) is 2.26. The summed E-state index contributed by atoms with van der Waals surface area (Å²) < 4.78 is 28.8. The molecule has 0 aliphatic rings. The van der Waals surface area contributed by atoms with Crippen molar-refractivity contribution in [2.75, 3.05) is 6.54 Å². The summed E-state index contributed by atoms with van der Waals surface area (Å²) in [5.41, 5.74) is 7.43. The lowest BCUT2D eigenvalue weighted by atomic mass is 10.2. The Hall–Kier alpha value is -2.34. The number of benzene rings is 1. The zero-order valence-electron chi connectivity index (χ0n) is 11.4. The number of fused-ring (bicyclic) bond motifs is 1. The molecule has 4 nitrogen and oxygen atoms in total. The monoisotopic (exact) mass is 288 g/mol. The van der Waals surface area contributed by atoms with Crippen LogP contribution in [0, 0.1) is 11.6 Å². The second-order valence-corrected chi connectivity index (χ2v) is 4.89. The standard InChI is InChI=1S/C15H14F2N4/c1-9(7-18)21-14-6-12(17)11(16)5-13(14)20-15(21)10-3-2-4-19-8-10/h2-6,8-9H,7,18H2,1H3. The predicted octanol–water partition coefficient (Wildman–Crippen LogP) is 2.90. The molecule has 108 valence electrons. The molecule has 6 heteroatoms. The Morgan fingerprint density at radius 2 is 2.05 bits per heavy atom. The Labute approximate surface area is 120 Å². The lowest BCUT2D eigenvalue weighted by molar-refractivity contribution is 0.509. The molecule has 0 aliphatic carbocycles. The van der Waals surface area contributed by atoms with Crippen LogP contribution in [0.15, 0.2) is 36.7 Å². The van der Waals surface area contributed by atoms with Crippen molar-refractivity contribution >= 4 is 11.0 Å². The highest BCUT2D eigenvalue weighted by Crippen LogP contribution is 2.29. The van der Waals surface area contributed by atoms with Crippen LogP contribution in [0.25, 0.3) is 22.4 Å². The number of nitrogens with zero attached hydrogens (tertiary/aromatic N) is 3. The number of halogens is 2. The van der Waals surface area contributed by atoms with Crippen LogP contribution in [0.2, 0.25) is 0 Å². The molecular formula is C15H14F2N4. The first-order chi connectivity index (χ1) is 10.1. The number of aromatic nitrogens is 3. The minimum Gasteiger partial charge on any atom is -0.328 e. The Kier molecular flexibility index (Phi) is 3.39. The van der Waals surface area contributed by atoms with Gasteiger partial charge in [0.2, 0.25) is 0 Å². The Bertz CT molecular complexity index is 783. The van der Waals surface area contributed by atoms with Gasteiger partial charge in [-0.1, -0.05) is 0 Å². The molecule has 0 bridgehead atoms. The largest absolute Gasteiger partial charge is 0.328 e. The van der Waals surface area contributed by atoms with E-state index in [1.165, 1.54) is 0 Å². The fraction of sp³-hybridized carbons (Fsp3) is 0.200. The molecule has 2 aromatic heterocycles. The molecule has 2 heterocycles. The molecule has 3 rings (SSSR count). The first-order valence-electron chi connectivity index (χ1n) is 6.59. The molecule has 0 saturated heterocycles. The van der Waals surface area contributed by atoms with Gasteiger partial charge in [-0.25, -0.2) is 13.8 Å². The third-order valence-electron chi connectivity index (χ3n) is 3.43. The van der Waals surface area contributed by atoms with E-state index < -0.39 is 11.6 Å². The van der Waals surface area contributed by atoms with Crippen molar-refractivity contribution in [3.63, 3.8) is 0 Å². The van der Waals surface area contributed by atoms with Crippen molar-refractivity contribution in [1.29, 1.82) is 0 Å². The number of nitrogens with two attached hydrogens (primary N) is 1. The maximum absolute atomic E-state index is 13.5. The summed E-state index contributed by atoms with van der Waals surface area (Å²) in [5, 5.41) is 0. The van der Waals surface area contributed by atoms with E-state index in [0.29, 0.717) is 23.4 Å². The second kappa shape index (κ2) is 5.21. The third-order valence-corrected chi connectivity index (χ3v) is 3.43. The first-order valence-corrected chi connectivity index (χ1v) is 6.59. The van der Waals surface area contributed by atoms with Gasteiger partial charge in [-0.3, -0.25) is 4.98 Å². The molecule has 21 heavy (non-hydrogen) atoms. The van der Waals surface area contributed by atoms with Crippen LogP contribution in [-0.4, -0.2) is 21.1 Å². The van der Waals surface area contributed by atoms with E-state index in [4.69, 9.17) is 5.73 Å². The minimum atomic E-state index is -0.912. The van der Waals surface area contributed by atoms with Crippen molar-refractivity contribution in [3.8, 4) is 11.4 Å². The summed E-state index contributed by atoms with van der Waals surface area (Å²) in [4.78, 5) is 8.47. The molecule has 0 spiro atoms. The number of rotatable bonds is 3. The molecule has 0 radical (unpaired) electrons. The molecule has 1 aromatic carbocycles. The Morgan fingerprint density at radius 1 is 1.29 bits per heavy atom. The van der Waals surface area contributed by atoms with Crippen LogP contribution < -0.4 is 5.73 Å². The summed E-state index contributed by atoms with van der Waals surface area (Å²) in [6.07, 6.45) is 3.32. The SMILES string of the molecule is CC(CN)n1c(-c2cccnc2)nc2cc(F)c(F)cc21. The van der Waals surface area contributed by atoms with E-state index in [0.717, 1.165) is 17.7 Å². The number of imidazole rings is 1. The van der Waals surface area contributed by atoms with Crippen LogP contribution in [0.5, 0.6) is 0 Å². The van der Waals surface area contributed by atoms with Gasteiger partial charge in [0.1, 0.15) is 5.82 Å². The maximum atomic E-state index is 13.5. The molecular weight excluding hydrogens is 274 g/mol. The smallest absolute Gasteiger partial charge is 0.161 e. The second-order valence-electron chi connectivity index (χ2n) is 4.89. The van der Waals surface area contributed by atoms with E-state index >= 15 is 0 Å². The average molecular weight is 288 g/mol. The van der Waals surface area contributed by atoms with Gasteiger partial charge in [-0.2, -0.15) is 0 Å². The van der Waals surface area contributed by atoms with Crippen molar-refractivity contribution in [1.82, 2.24) is 14.5 Å². The summed E-state index contributed by atoms with van der Waals surface area (Å²) in [7, 11) is 0. The fourth-order valence-corrected chi connectivity index (χ4v) is 2.34. The zero-order chi connectivity index (χ0) is 15.0. The van der Waals surface area contributed by atoms with Gasteiger partial charge in [-0.15, -0.1) is 0 Å². The Balaban J connectivity index is 2.33. The lowest BCUT2D eigenvalue weighted by Crippen LogP contribution is -2.17. The highest BCUT2D eigenvalue weighted by atomic mass is 19.2. The average Bonchev–Trinajstić information content (AvgIpc) is 2.86. The first kappa shape index (κ1) is 13.6. The van der Waals surface area contributed by atoms with Crippen LogP contribution >= 0.6 is 0 Å². The van der Waals surface area contributed by atoms with Crippen LogP contribution in [0.1, 0.15) is 13.0 Å².